The van der Waals surface area contributed by atoms with Gasteiger partial charge in [-0.2, -0.15) is 0 Å². The van der Waals surface area contributed by atoms with Crippen LogP contribution in [0.4, 0.5) is 21.7 Å². The summed E-state index contributed by atoms with van der Waals surface area (Å²) in [5.41, 5.74) is 13.0. The van der Waals surface area contributed by atoms with Crippen LogP contribution in [0.2, 0.25) is 5.02 Å². The minimum absolute atomic E-state index is 0.0187. The van der Waals surface area contributed by atoms with Gasteiger partial charge in [0.15, 0.2) is 11.6 Å². The molecule has 0 fully saturated rings. The minimum atomic E-state index is -3.72. The summed E-state index contributed by atoms with van der Waals surface area (Å²) in [7, 11) is -2.28. The number of nitrogens with zero attached hydrogens (tertiary/aromatic N) is 3. The summed E-state index contributed by atoms with van der Waals surface area (Å²) in [5, 5.41) is 0.477. The van der Waals surface area contributed by atoms with E-state index >= 15 is 4.39 Å². The van der Waals surface area contributed by atoms with E-state index in [0.29, 0.717) is 45.8 Å². The van der Waals surface area contributed by atoms with Crippen LogP contribution in [-0.2, 0) is 14.8 Å². The summed E-state index contributed by atoms with van der Waals surface area (Å²) >= 11 is 6.34. The number of nitrogens with one attached hydrogen (secondary N) is 1. The number of fused-ring (bicyclic) bond motifs is 1. The average molecular weight is 591 g/mol. The van der Waals surface area contributed by atoms with Gasteiger partial charge in [-0.15, -0.1) is 0 Å². The first-order valence-electron chi connectivity index (χ1n) is 12.5. The van der Waals surface area contributed by atoms with E-state index in [1.165, 1.54) is 25.4 Å². The lowest BCUT2D eigenvalue weighted by atomic mass is 10.0. The highest BCUT2D eigenvalue weighted by Gasteiger charge is 2.21. The van der Waals surface area contributed by atoms with Crippen LogP contribution in [-0.4, -0.2) is 49.4 Å². The molecule has 0 aliphatic carbocycles. The highest BCUT2D eigenvalue weighted by Crippen LogP contribution is 2.40. The molecule has 214 valence electrons. The van der Waals surface area contributed by atoms with Crippen molar-refractivity contribution >= 4 is 49.9 Å². The van der Waals surface area contributed by atoms with Gasteiger partial charge >= 0.3 is 0 Å². The predicted octanol–water partition coefficient (Wildman–Crippen LogP) is 5.52. The van der Waals surface area contributed by atoms with Crippen molar-refractivity contribution in [3.05, 3.63) is 53.4 Å². The van der Waals surface area contributed by atoms with E-state index in [4.69, 9.17) is 32.5 Å². The Kier molecular flexibility index (Phi) is 10.4. The molecule has 2 aromatic carbocycles. The van der Waals surface area contributed by atoms with Gasteiger partial charge in [0.1, 0.15) is 22.9 Å². The Labute approximate surface area is 237 Å². The lowest BCUT2D eigenvalue weighted by molar-refractivity contribution is 0.162. The van der Waals surface area contributed by atoms with Gasteiger partial charge in [0, 0.05) is 35.9 Å². The number of benzene rings is 2. The van der Waals surface area contributed by atoms with Crippen molar-refractivity contribution in [2.75, 3.05) is 42.3 Å². The van der Waals surface area contributed by atoms with Crippen molar-refractivity contribution in [1.82, 2.24) is 15.0 Å². The second-order valence-corrected chi connectivity index (χ2v) is 10.7. The fourth-order valence-corrected chi connectivity index (χ4v) is 5.16. The number of aromatic nitrogens is 3. The average Bonchev–Trinajstić information content (AvgIpc) is 2.91. The van der Waals surface area contributed by atoms with Crippen molar-refractivity contribution in [3.8, 4) is 28.3 Å². The number of nitrogen functional groups attached to an aromatic ring is 2. The first-order valence-corrected chi connectivity index (χ1v) is 14.5. The molecule has 0 aliphatic rings. The Bertz CT molecular complexity index is 1590. The number of hydrogen-bond donors (Lipinski definition) is 3. The first-order chi connectivity index (χ1) is 19.0. The van der Waals surface area contributed by atoms with E-state index < -0.39 is 15.8 Å². The second-order valence-electron chi connectivity index (χ2n) is 8.47. The zero-order valence-electron chi connectivity index (χ0n) is 22.7. The summed E-state index contributed by atoms with van der Waals surface area (Å²) < 4.78 is 52.5. The third-order valence-electron chi connectivity index (χ3n) is 5.59. The van der Waals surface area contributed by atoms with E-state index in [1.54, 1.807) is 31.2 Å². The van der Waals surface area contributed by atoms with Crippen molar-refractivity contribution in [1.29, 1.82) is 0 Å². The van der Waals surface area contributed by atoms with Crippen LogP contribution in [0.15, 0.2) is 42.6 Å². The molecule has 13 heteroatoms. The molecule has 0 saturated heterocycles. The van der Waals surface area contributed by atoms with Crippen molar-refractivity contribution in [3.63, 3.8) is 0 Å². The quantitative estimate of drug-likeness (QED) is 0.228. The number of ether oxygens (including phenoxy) is 2. The van der Waals surface area contributed by atoms with Crippen LogP contribution in [0.1, 0.15) is 27.2 Å². The second kappa shape index (κ2) is 13.6. The number of nitrogens with two attached hydrogens (primary N) is 2. The Hall–Kier alpha value is -3.74. The molecule has 0 aliphatic heterocycles. The van der Waals surface area contributed by atoms with Gasteiger partial charge < -0.3 is 20.9 Å². The molecular weight excluding hydrogens is 559 g/mol. The standard InChI is InChI=1S/C23H22ClFN6O3S.C4H10O/c1-3-8-35(32,33)31-16-6-5-15(24)19(20(16)25)13-9-14-21(17(10-13)34-2)29-23(30-22(14)27)12-4-7-18(26)28-11-12;1-3-5-4-2/h4-7,9-11,31H,3,8H2,1-2H3,(H2,26,28)(H2,27,29,30);3-4H2,1-2H3. The minimum Gasteiger partial charge on any atom is -0.494 e. The number of pyridine rings is 1. The number of methoxy groups -OCH3 is 1. The Balaban J connectivity index is 0.000000810. The molecule has 0 saturated carbocycles. The number of sulfonamides is 1. The highest BCUT2D eigenvalue weighted by atomic mass is 35.5. The van der Waals surface area contributed by atoms with E-state index in [0.717, 1.165) is 13.2 Å². The molecule has 40 heavy (non-hydrogen) atoms. The van der Waals surface area contributed by atoms with Crippen LogP contribution in [0, 0.1) is 5.82 Å². The lowest BCUT2D eigenvalue weighted by Gasteiger charge is -2.15. The molecule has 0 spiro atoms. The summed E-state index contributed by atoms with van der Waals surface area (Å²) in [6.07, 6.45) is 1.91. The SMILES string of the molecule is CCCS(=O)(=O)Nc1ccc(Cl)c(-c2cc(OC)c3nc(-c4ccc(N)nc4)nc(N)c3c2)c1F.CCOCC. The number of anilines is 3. The maximum absolute atomic E-state index is 15.5. The number of halogens is 2. The number of hydrogen-bond acceptors (Lipinski definition) is 9. The lowest BCUT2D eigenvalue weighted by Crippen LogP contribution is -2.17. The zero-order chi connectivity index (χ0) is 29.4. The molecule has 0 bridgehead atoms. The third-order valence-corrected chi connectivity index (χ3v) is 7.38. The van der Waals surface area contributed by atoms with Crippen LogP contribution in [0.25, 0.3) is 33.4 Å². The summed E-state index contributed by atoms with van der Waals surface area (Å²) in [6.45, 7) is 7.38. The smallest absolute Gasteiger partial charge is 0.232 e. The van der Waals surface area contributed by atoms with E-state index in [-0.39, 0.29) is 27.8 Å². The van der Waals surface area contributed by atoms with Crippen LogP contribution in [0.5, 0.6) is 5.75 Å². The molecule has 0 unspecified atom stereocenters. The normalized spacial score (nSPS) is 11.2. The molecule has 2 heterocycles. The topological polar surface area (TPSA) is 155 Å². The molecule has 0 atom stereocenters. The molecule has 10 nitrogen and oxygen atoms in total. The van der Waals surface area contributed by atoms with Crippen molar-refractivity contribution in [2.24, 2.45) is 0 Å². The fraction of sp³-hybridized carbons (Fsp3) is 0.296. The van der Waals surface area contributed by atoms with Gasteiger partial charge in [0.05, 0.1) is 23.6 Å². The molecule has 4 aromatic rings. The van der Waals surface area contributed by atoms with Gasteiger partial charge in [-0.1, -0.05) is 18.5 Å². The van der Waals surface area contributed by atoms with E-state index in [2.05, 4.69) is 19.7 Å². The van der Waals surface area contributed by atoms with Gasteiger partial charge in [0.2, 0.25) is 10.0 Å². The van der Waals surface area contributed by atoms with Gasteiger partial charge in [-0.3, -0.25) is 4.72 Å². The molecule has 0 radical (unpaired) electrons. The van der Waals surface area contributed by atoms with Crippen LogP contribution >= 0.6 is 11.6 Å². The van der Waals surface area contributed by atoms with Gasteiger partial charge in [-0.05, 0) is 62.2 Å². The van der Waals surface area contributed by atoms with Gasteiger partial charge in [-0.25, -0.2) is 27.8 Å². The summed E-state index contributed by atoms with van der Waals surface area (Å²) in [5.74, 6) is 0.103. The van der Waals surface area contributed by atoms with Crippen LogP contribution < -0.4 is 20.9 Å². The van der Waals surface area contributed by atoms with Crippen LogP contribution in [0.3, 0.4) is 0 Å². The van der Waals surface area contributed by atoms with Crippen molar-refractivity contribution < 1.29 is 22.3 Å². The maximum atomic E-state index is 15.5. The maximum Gasteiger partial charge on any atom is 0.232 e. The largest absolute Gasteiger partial charge is 0.494 e. The van der Waals surface area contributed by atoms with E-state index in [9.17, 15) is 8.42 Å². The molecule has 4 rings (SSSR count). The summed E-state index contributed by atoms with van der Waals surface area (Å²) in [6, 6.07) is 9.14. The third kappa shape index (κ3) is 7.26. The fourth-order valence-electron chi connectivity index (χ4n) is 3.78. The van der Waals surface area contributed by atoms with Crippen molar-refractivity contribution in [2.45, 2.75) is 27.2 Å². The first kappa shape index (κ1) is 30.8. The predicted molar refractivity (Wildman–Crippen MR) is 158 cm³/mol. The summed E-state index contributed by atoms with van der Waals surface area (Å²) in [4.78, 5) is 13.0. The highest BCUT2D eigenvalue weighted by molar-refractivity contribution is 7.92. The molecule has 2 aromatic heterocycles. The Morgan fingerprint density at radius 3 is 2.33 bits per heavy atom. The molecule has 5 N–H and O–H groups in total. The Morgan fingerprint density at radius 1 is 1.02 bits per heavy atom. The molecular formula is C27H32ClFN6O4S. The monoisotopic (exact) mass is 590 g/mol. The molecule has 0 amide bonds. The Morgan fingerprint density at radius 2 is 1.75 bits per heavy atom. The zero-order valence-corrected chi connectivity index (χ0v) is 24.2. The van der Waals surface area contributed by atoms with Gasteiger partial charge in [0.25, 0.3) is 0 Å². The number of rotatable bonds is 9. The van der Waals surface area contributed by atoms with E-state index in [1.807, 2.05) is 13.8 Å².